The molecule has 0 heterocycles. The van der Waals surface area contributed by atoms with Crippen molar-refractivity contribution in [2.24, 2.45) is 0 Å². The first-order chi connectivity index (χ1) is 13.4. The van der Waals surface area contributed by atoms with E-state index in [-0.39, 0.29) is 5.91 Å². The van der Waals surface area contributed by atoms with Crippen molar-refractivity contribution in [2.45, 2.75) is 33.8 Å². The number of rotatable bonds is 10. The summed E-state index contributed by atoms with van der Waals surface area (Å²) in [7, 11) is 0. The molecular formula is C22H29BrN2O3. The fourth-order valence-corrected chi connectivity index (χ4v) is 3.29. The van der Waals surface area contributed by atoms with Crippen molar-refractivity contribution in [1.29, 1.82) is 0 Å². The number of likely N-dealkylation sites (N-methyl/N-ethyl adjacent to an activating group) is 1. The molecule has 0 saturated carbocycles. The summed E-state index contributed by atoms with van der Waals surface area (Å²) in [4.78, 5) is 14.9. The molecule has 0 aliphatic carbocycles. The summed E-state index contributed by atoms with van der Waals surface area (Å²) in [5, 5.41) is 2.91. The normalized spacial score (nSPS) is 11.9. The van der Waals surface area contributed by atoms with Gasteiger partial charge in [-0.05, 0) is 72.7 Å². The summed E-state index contributed by atoms with van der Waals surface area (Å²) in [5.74, 6) is 1.07. The second-order valence-electron chi connectivity index (χ2n) is 6.55. The largest absolute Gasteiger partial charge is 0.490 e. The molecule has 1 unspecified atom stereocenters. The van der Waals surface area contributed by atoms with Gasteiger partial charge in [0, 0.05) is 6.54 Å². The highest BCUT2D eigenvalue weighted by molar-refractivity contribution is 9.10. The average molecular weight is 449 g/mol. The Morgan fingerprint density at radius 2 is 1.86 bits per heavy atom. The lowest BCUT2D eigenvalue weighted by atomic mass is 10.2. The first-order valence-electron chi connectivity index (χ1n) is 9.62. The zero-order valence-corrected chi connectivity index (χ0v) is 18.6. The van der Waals surface area contributed by atoms with Crippen LogP contribution < -0.4 is 14.8 Å². The molecule has 1 N–H and O–H groups in total. The Kier molecular flexibility index (Phi) is 8.80. The summed E-state index contributed by atoms with van der Waals surface area (Å²) in [5.41, 5.74) is 1.76. The molecule has 0 spiro atoms. The van der Waals surface area contributed by atoms with Gasteiger partial charge in [-0.2, -0.15) is 0 Å². The Bertz CT molecular complexity index is 778. The van der Waals surface area contributed by atoms with Gasteiger partial charge in [-0.3, -0.25) is 4.79 Å². The lowest BCUT2D eigenvalue weighted by Crippen LogP contribution is -2.30. The molecule has 2 rings (SSSR count). The molecule has 1 amide bonds. The van der Waals surface area contributed by atoms with E-state index in [0.717, 1.165) is 29.7 Å². The number of carbonyl (C=O) groups is 1. The highest BCUT2D eigenvalue weighted by Crippen LogP contribution is 2.28. The number of nitrogens with zero attached hydrogens (tertiary/aromatic N) is 1. The van der Waals surface area contributed by atoms with E-state index < -0.39 is 6.10 Å². The lowest BCUT2D eigenvalue weighted by Gasteiger charge is -2.20. The van der Waals surface area contributed by atoms with Gasteiger partial charge in [0.1, 0.15) is 18.1 Å². The van der Waals surface area contributed by atoms with Gasteiger partial charge in [0.25, 0.3) is 5.91 Å². The van der Waals surface area contributed by atoms with Gasteiger partial charge in [-0.25, -0.2) is 0 Å². The third-order valence-corrected chi connectivity index (χ3v) is 5.08. The molecule has 2 aromatic rings. The molecule has 0 saturated heterocycles. The predicted molar refractivity (Wildman–Crippen MR) is 117 cm³/mol. The number of nitrogens with one attached hydrogen (secondary N) is 1. The Morgan fingerprint density at radius 1 is 1.14 bits per heavy atom. The number of carbonyl (C=O) groups excluding carboxylic acids is 1. The van der Waals surface area contributed by atoms with Crippen LogP contribution in [0.3, 0.4) is 0 Å². The number of anilines is 1. The van der Waals surface area contributed by atoms with Gasteiger partial charge in [-0.15, -0.1) is 0 Å². The maximum Gasteiger partial charge on any atom is 0.265 e. The Hall–Kier alpha value is -2.05. The second kappa shape index (κ2) is 11.1. The Labute approximate surface area is 176 Å². The molecular weight excluding hydrogens is 420 g/mol. The van der Waals surface area contributed by atoms with Crippen LogP contribution in [0.5, 0.6) is 11.5 Å². The van der Waals surface area contributed by atoms with Gasteiger partial charge in [0.15, 0.2) is 6.10 Å². The number of benzene rings is 2. The molecule has 2 aromatic carbocycles. The van der Waals surface area contributed by atoms with Gasteiger partial charge >= 0.3 is 0 Å². The molecule has 6 heteroatoms. The summed E-state index contributed by atoms with van der Waals surface area (Å²) in [6.45, 7) is 11.4. The summed E-state index contributed by atoms with van der Waals surface area (Å²) < 4.78 is 12.5. The van der Waals surface area contributed by atoms with Crippen molar-refractivity contribution < 1.29 is 14.3 Å². The highest BCUT2D eigenvalue weighted by Gasteiger charge is 2.18. The van der Waals surface area contributed by atoms with E-state index in [4.69, 9.17) is 9.47 Å². The van der Waals surface area contributed by atoms with Crippen LogP contribution in [0.2, 0.25) is 0 Å². The van der Waals surface area contributed by atoms with Crippen molar-refractivity contribution in [3.63, 3.8) is 0 Å². The van der Waals surface area contributed by atoms with Crippen molar-refractivity contribution in [1.82, 2.24) is 4.90 Å². The van der Waals surface area contributed by atoms with E-state index in [2.05, 4.69) is 40.0 Å². The van der Waals surface area contributed by atoms with Gasteiger partial charge in [0.2, 0.25) is 0 Å². The van der Waals surface area contributed by atoms with Crippen LogP contribution in [0.25, 0.3) is 0 Å². The fourth-order valence-electron chi connectivity index (χ4n) is 2.70. The SMILES string of the molecule is CCN(CC)CCOc1ccccc1NC(=O)C(C)Oc1ccc(C)cc1Br. The number of hydrogen-bond donors (Lipinski definition) is 1. The third kappa shape index (κ3) is 6.53. The number of halogens is 1. The number of para-hydroxylation sites is 2. The smallest absolute Gasteiger partial charge is 0.265 e. The molecule has 152 valence electrons. The molecule has 0 fully saturated rings. The number of aryl methyl sites for hydroxylation is 1. The molecule has 0 bridgehead atoms. The van der Waals surface area contributed by atoms with Crippen molar-refractivity contribution in [2.75, 3.05) is 31.6 Å². The number of ether oxygens (including phenoxy) is 2. The molecule has 28 heavy (non-hydrogen) atoms. The van der Waals surface area contributed by atoms with Crippen LogP contribution in [0, 0.1) is 6.92 Å². The molecule has 0 radical (unpaired) electrons. The van der Waals surface area contributed by atoms with Gasteiger partial charge in [-0.1, -0.05) is 32.0 Å². The van der Waals surface area contributed by atoms with Gasteiger partial charge < -0.3 is 19.7 Å². The maximum absolute atomic E-state index is 12.6. The van der Waals surface area contributed by atoms with E-state index in [1.54, 1.807) is 6.92 Å². The Balaban J connectivity index is 1.97. The van der Waals surface area contributed by atoms with Crippen LogP contribution in [0.4, 0.5) is 5.69 Å². The first kappa shape index (κ1) is 22.2. The molecule has 5 nitrogen and oxygen atoms in total. The van der Waals surface area contributed by atoms with Crippen LogP contribution >= 0.6 is 15.9 Å². The standard InChI is InChI=1S/C22H29BrN2O3/c1-5-25(6-2)13-14-27-21-10-8-7-9-19(21)24-22(26)17(4)28-20-12-11-16(3)15-18(20)23/h7-12,15,17H,5-6,13-14H2,1-4H3,(H,24,26). The number of hydrogen-bond acceptors (Lipinski definition) is 4. The van der Waals surface area contributed by atoms with E-state index >= 15 is 0 Å². The van der Waals surface area contributed by atoms with E-state index in [9.17, 15) is 4.79 Å². The first-order valence-corrected chi connectivity index (χ1v) is 10.4. The zero-order valence-electron chi connectivity index (χ0n) is 17.0. The minimum Gasteiger partial charge on any atom is -0.490 e. The van der Waals surface area contributed by atoms with Crippen LogP contribution in [0.1, 0.15) is 26.3 Å². The monoisotopic (exact) mass is 448 g/mol. The quantitative estimate of drug-likeness (QED) is 0.562. The number of amides is 1. The summed E-state index contributed by atoms with van der Waals surface area (Å²) in [6, 6.07) is 13.2. The van der Waals surface area contributed by atoms with Crippen LogP contribution in [-0.2, 0) is 4.79 Å². The average Bonchev–Trinajstić information content (AvgIpc) is 2.68. The van der Waals surface area contributed by atoms with Gasteiger partial charge in [0.05, 0.1) is 10.2 Å². The maximum atomic E-state index is 12.6. The summed E-state index contributed by atoms with van der Waals surface area (Å²) >= 11 is 3.47. The van der Waals surface area contributed by atoms with E-state index in [0.29, 0.717) is 23.8 Å². The predicted octanol–water partition coefficient (Wildman–Crippen LogP) is 4.88. The molecule has 0 aliphatic rings. The van der Waals surface area contributed by atoms with E-state index in [1.165, 1.54) is 0 Å². The van der Waals surface area contributed by atoms with Crippen LogP contribution in [0.15, 0.2) is 46.9 Å². The fraction of sp³-hybridized carbons (Fsp3) is 0.409. The minimum atomic E-state index is -0.650. The summed E-state index contributed by atoms with van der Waals surface area (Å²) in [6.07, 6.45) is -0.650. The topological polar surface area (TPSA) is 50.8 Å². The van der Waals surface area contributed by atoms with E-state index in [1.807, 2.05) is 49.4 Å². The Morgan fingerprint density at radius 3 is 2.54 bits per heavy atom. The van der Waals surface area contributed by atoms with Crippen molar-refractivity contribution in [3.8, 4) is 11.5 Å². The lowest BCUT2D eigenvalue weighted by molar-refractivity contribution is -0.122. The molecule has 0 aromatic heterocycles. The van der Waals surface area contributed by atoms with Crippen molar-refractivity contribution >= 4 is 27.5 Å². The second-order valence-corrected chi connectivity index (χ2v) is 7.41. The van der Waals surface area contributed by atoms with Crippen LogP contribution in [-0.4, -0.2) is 43.2 Å². The molecule has 1 atom stereocenters. The van der Waals surface area contributed by atoms with Crippen molar-refractivity contribution in [3.05, 3.63) is 52.5 Å². The molecule has 0 aliphatic heterocycles. The zero-order chi connectivity index (χ0) is 20.5. The third-order valence-electron chi connectivity index (χ3n) is 4.46. The minimum absolute atomic E-state index is 0.229. The highest BCUT2D eigenvalue weighted by atomic mass is 79.9.